The van der Waals surface area contributed by atoms with Crippen molar-refractivity contribution in [3.63, 3.8) is 0 Å². The number of aliphatic hydroxyl groups excluding tert-OH is 2. The van der Waals surface area contributed by atoms with Gasteiger partial charge >= 0.3 is 59.1 Å². The Hall–Kier alpha value is -0.230. The van der Waals surface area contributed by atoms with E-state index in [1.807, 2.05) is 0 Å². The van der Waals surface area contributed by atoms with Crippen molar-refractivity contribution in [1.82, 2.24) is 19.5 Å². The van der Waals surface area contributed by atoms with Crippen molar-refractivity contribution in [1.29, 1.82) is 0 Å². The third-order valence-corrected chi connectivity index (χ3v) is 4.30. The van der Waals surface area contributed by atoms with Crippen LogP contribution in [0.4, 0.5) is 0 Å². The number of carbonyl (C=O) groups is 1. The molecule has 3 heterocycles. The number of phosphoric acid groups is 1. The molecule has 1 unspecified atom stereocenters. The number of carboxylic acids is 1. The third-order valence-electron chi connectivity index (χ3n) is 3.83. The van der Waals surface area contributed by atoms with Crippen molar-refractivity contribution in [2.45, 2.75) is 24.0 Å². The molecule has 15 nitrogen and oxygen atoms in total. The van der Waals surface area contributed by atoms with Gasteiger partial charge in [-0.15, -0.1) is 0 Å². The molecule has 0 aromatic carbocycles. The predicted octanol–water partition coefficient (Wildman–Crippen LogP) is -11.7. The molecular formula is C11H13N4Na2O11P. The first-order valence-corrected chi connectivity index (χ1v) is 8.42. The molecule has 0 amide bonds. The van der Waals surface area contributed by atoms with Gasteiger partial charge < -0.3 is 49.6 Å². The van der Waals surface area contributed by atoms with Crippen LogP contribution < -0.4 is 74.7 Å². The smallest absolute Gasteiger partial charge is 0.756 e. The van der Waals surface area contributed by atoms with Gasteiger partial charge in [0, 0.05) is 0 Å². The second kappa shape index (κ2) is 10.4. The maximum Gasteiger partial charge on any atom is 1.00 e. The number of imidazole rings is 1. The molecule has 1 fully saturated rings. The fourth-order valence-corrected chi connectivity index (χ4v) is 3.00. The van der Waals surface area contributed by atoms with Crippen LogP contribution in [-0.2, 0) is 24.3 Å². The number of aliphatic carboxylic acids is 1. The summed E-state index contributed by atoms with van der Waals surface area (Å²) >= 11 is 0. The molecule has 0 bridgehead atoms. The minimum absolute atomic E-state index is 0. The van der Waals surface area contributed by atoms with Crippen LogP contribution in [0.1, 0.15) is 0 Å². The number of carbonyl (C=O) groups excluding carboxylic acids is 1. The molecule has 0 saturated carbocycles. The zero-order valence-corrected chi connectivity index (χ0v) is 20.0. The van der Waals surface area contributed by atoms with Crippen LogP contribution in [0.3, 0.4) is 0 Å². The maximum absolute atomic E-state index is 11.8. The first kappa shape index (κ1) is 28.8. The van der Waals surface area contributed by atoms with Gasteiger partial charge in [0.2, 0.25) is 5.72 Å². The Kier molecular flexibility index (Phi) is 10.3. The molecule has 150 valence electrons. The van der Waals surface area contributed by atoms with Crippen molar-refractivity contribution in [3.8, 4) is 0 Å². The SMILES string of the molecule is O.O=C([O-])[C@@]1(n2cnc3c(=O)[nH]cnc32)O[C@H](COP(=O)([O-])O)[C@@H](O)[C@H]1O.[Na+].[Na+]. The fourth-order valence-electron chi connectivity index (χ4n) is 2.66. The van der Waals surface area contributed by atoms with Crippen LogP contribution in [0, 0.1) is 0 Å². The number of hydrogen-bond acceptors (Lipinski definition) is 11. The van der Waals surface area contributed by atoms with Crippen molar-refractivity contribution < 1.29 is 108 Å². The van der Waals surface area contributed by atoms with Crippen LogP contribution in [0.25, 0.3) is 11.2 Å². The maximum atomic E-state index is 11.8. The Labute approximate surface area is 205 Å². The third kappa shape index (κ3) is 5.16. The molecule has 3 rings (SSSR count). The number of aliphatic hydroxyl groups is 2. The number of rotatable bonds is 5. The number of aromatic nitrogens is 4. The monoisotopic (exact) mass is 454 g/mol. The Morgan fingerprint density at radius 2 is 2.03 bits per heavy atom. The second-order valence-corrected chi connectivity index (χ2v) is 6.55. The summed E-state index contributed by atoms with van der Waals surface area (Å²) in [4.78, 5) is 52.4. The summed E-state index contributed by atoms with van der Waals surface area (Å²) in [6, 6.07) is 0. The molecule has 0 spiro atoms. The summed E-state index contributed by atoms with van der Waals surface area (Å²) in [5.41, 5.74) is -4.08. The van der Waals surface area contributed by atoms with Gasteiger partial charge in [-0.3, -0.25) is 13.9 Å². The van der Waals surface area contributed by atoms with Gasteiger partial charge in [0.05, 0.1) is 18.9 Å². The molecule has 6 N–H and O–H groups in total. The van der Waals surface area contributed by atoms with E-state index in [1.165, 1.54) is 0 Å². The number of carboxylic acid groups (broad SMARTS) is 1. The first-order chi connectivity index (χ1) is 12.1. The largest absolute Gasteiger partial charge is 1.00 e. The number of hydrogen-bond donors (Lipinski definition) is 4. The van der Waals surface area contributed by atoms with Gasteiger partial charge in [-0.2, -0.15) is 0 Å². The molecule has 1 saturated heterocycles. The van der Waals surface area contributed by atoms with E-state index in [9.17, 15) is 34.4 Å². The summed E-state index contributed by atoms with van der Waals surface area (Å²) < 4.78 is 20.6. The van der Waals surface area contributed by atoms with Gasteiger partial charge in [-0.1, -0.05) is 0 Å². The van der Waals surface area contributed by atoms with Gasteiger partial charge in [-0.25, -0.2) is 9.97 Å². The van der Waals surface area contributed by atoms with Crippen LogP contribution in [-0.4, -0.2) is 71.0 Å². The number of phosphoric ester groups is 1. The van der Waals surface area contributed by atoms with E-state index in [0.717, 1.165) is 12.7 Å². The van der Waals surface area contributed by atoms with Crippen molar-refractivity contribution in [2.24, 2.45) is 0 Å². The zero-order valence-electron chi connectivity index (χ0n) is 15.1. The van der Waals surface area contributed by atoms with E-state index in [4.69, 9.17) is 9.63 Å². The number of H-pyrrole nitrogens is 1. The number of ether oxygens (including phenoxy) is 1. The average molecular weight is 454 g/mol. The van der Waals surface area contributed by atoms with Gasteiger partial charge in [0.25, 0.3) is 13.4 Å². The molecule has 0 radical (unpaired) electrons. The van der Waals surface area contributed by atoms with Gasteiger partial charge in [0.1, 0.15) is 24.6 Å². The van der Waals surface area contributed by atoms with Crippen LogP contribution >= 0.6 is 7.82 Å². The quantitative estimate of drug-likeness (QED) is 0.243. The molecule has 18 heteroatoms. The Bertz CT molecular complexity index is 964. The van der Waals surface area contributed by atoms with Crippen LogP contribution in [0.2, 0.25) is 0 Å². The minimum atomic E-state index is -5.20. The molecule has 0 aliphatic carbocycles. The van der Waals surface area contributed by atoms with E-state index in [0.29, 0.717) is 4.57 Å². The van der Waals surface area contributed by atoms with Gasteiger partial charge in [-0.05, 0) is 0 Å². The molecule has 2 aromatic rings. The Morgan fingerprint density at radius 3 is 2.59 bits per heavy atom. The van der Waals surface area contributed by atoms with Crippen molar-refractivity contribution in [3.05, 3.63) is 23.0 Å². The van der Waals surface area contributed by atoms with Crippen LogP contribution in [0.15, 0.2) is 17.4 Å². The topological polar surface area (TPSA) is 254 Å². The molecule has 1 aliphatic rings. The molecule has 1 aliphatic heterocycles. The molecule has 2 aromatic heterocycles. The number of fused-ring (bicyclic) bond motifs is 1. The van der Waals surface area contributed by atoms with E-state index in [1.54, 1.807) is 0 Å². The van der Waals surface area contributed by atoms with E-state index >= 15 is 0 Å². The minimum Gasteiger partial charge on any atom is -0.756 e. The summed E-state index contributed by atoms with van der Waals surface area (Å²) in [6.45, 7) is -0.995. The number of aromatic amines is 1. The van der Waals surface area contributed by atoms with Crippen molar-refractivity contribution in [2.75, 3.05) is 6.61 Å². The van der Waals surface area contributed by atoms with E-state index < -0.39 is 50.0 Å². The summed E-state index contributed by atoms with van der Waals surface area (Å²) in [6.07, 6.45) is -4.03. The molecular weight excluding hydrogens is 441 g/mol. The van der Waals surface area contributed by atoms with Crippen molar-refractivity contribution >= 4 is 25.0 Å². The summed E-state index contributed by atoms with van der Waals surface area (Å²) in [5.74, 6) is -2.03. The fraction of sp³-hybridized carbons (Fsp3) is 0.455. The Morgan fingerprint density at radius 1 is 1.41 bits per heavy atom. The van der Waals surface area contributed by atoms with E-state index in [-0.39, 0.29) is 75.8 Å². The first-order valence-electron chi connectivity index (χ1n) is 6.93. The average Bonchev–Trinajstić information content (AvgIpc) is 3.08. The number of nitrogens with zero attached hydrogens (tertiary/aromatic N) is 3. The predicted molar refractivity (Wildman–Crippen MR) is 77.4 cm³/mol. The molecule has 29 heavy (non-hydrogen) atoms. The Balaban J connectivity index is 0.00000261. The molecule has 5 atom stereocenters. The standard InChI is InChI=1S/C11H13N4O10P.2Na.H2O/c16-6-4(1-24-26(21,22)23)25-11(7(6)17,10(19)20)15-3-14-5-8(15)12-2-13-9(5)18;;;/h2-4,6-7,16-17H,1H2,(H,19,20)(H,12,13,18)(H2,21,22,23);;;1H2/q;2*+1;/p-2/t4-,6-,7-,11+;;;/m1.../s1. The second-order valence-electron chi connectivity index (χ2n) is 5.36. The summed E-state index contributed by atoms with van der Waals surface area (Å²) in [7, 11) is -5.20. The van der Waals surface area contributed by atoms with E-state index in [2.05, 4.69) is 19.5 Å². The van der Waals surface area contributed by atoms with Crippen LogP contribution in [0.5, 0.6) is 0 Å². The van der Waals surface area contributed by atoms with Gasteiger partial charge in [0.15, 0.2) is 11.2 Å². The zero-order chi connectivity index (χ0) is 19.3. The summed E-state index contributed by atoms with van der Waals surface area (Å²) in [5, 5.41) is 32.1. The number of nitrogens with one attached hydrogen (secondary N) is 1. The normalized spacial score (nSPS) is 27.9.